The van der Waals surface area contributed by atoms with Crippen LogP contribution in [0, 0.1) is 0 Å². The summed E-state index contributed by atoms with van der Waals surface area (Å²) in [4.78, 5) is 10.5. The summed E-state index contributed by atoms with van der Waals surface area (Å²) >= 11 is 1.66. The molecule has 0 fully saturated rings. The quantitative estimate of drug-likeness (QED) is 0.473. The topological polar surface area (TPSA) is 63.3 Å². The highest BCUT2D eigenvalue weighted by Crippen LogP contribution is 2.12. The summed E-state index contributed by atoms with van der Waals surface area (Å²) in [5, 5.41) is 8.62. The van der Waals surface area contributed by atoms with Gasteiger partial charge in [0.1, 0.15) is 6.04 Å². The zero-order valence-corrected chi connectivity index (χ0v) is 13.2. The van der Waals surface area contributed by atoms with E-state index in [1.807, 2.05) is 0 Å². The van der Waals surface area contributed by atoms with Gasteiger partial charge in [0.25, 0.3) is 0 Å². The van der Waals surface area contributed by atoms with Crippen molar-refractivity contribution in [1.29, 1.82) is 0 Å². The van der Waals surface area contributed by atoms with Crippen molar-refractivity contribution < 1.29 is 9.90 Å². The number of unbranched alkanes of at least 4 members (excludes halogenated alkanes) is 9. The molecule has 114 valence electrons. The zero-order valence-electron chi connectivity index (χ0n) is 12.4. The molecule has 0 unspecified atom stereocenters. The molecule has 0 rings (SSSR count). The molecule has 0 heterocycles. The number of carbonyl (C=O) groups is 1. The third-order valence-corrected chi connectivity index (χ3v) is 4.43. The predicted molar refractivity (Wildman–Crippen MR) is 84.8 cm³/mol. The summed E-state index contributed by atoms with van der Waals surface area (Å²) in [6.45, 7) is 2.25. The number of thioether (sulfide) groups is 1. The van der Waals surface area contributed by atoms with Gasteiger partial charge in [0.15, 0.2) is 0 Å². The van der Waals surface area contributed by atoms with Crippen molar-refractivity contribution in [2.75, 3.05) is 11.5 Å². The molecule has 1 atom stereocenters. The first kappa shape index (κ1) is 18.8. The zero-order chi connectivity index (χ0) is 14.3. The molecule has 0 spiro atoms. The number of hydrogen-bond donors (Lipinski definition) is 2. The highest BCUT2D eigenvalue weighted by atomic mass is 32.2. The Kier molecular flexibility index (Phi) is 14.0. The van der Waals surface area contributed by atoms with Crippen LogP contribution in [-0.4, -0.2) is 28.6 Å². The summed E-state index contributed by atoms with van der Waals surface area (Å²) < 4.78 is 0. The fourth-order valence-corrected chi connectivity index (χ4v) is 2.94. The van der Waals surface area contributed by atoms with Crippen LogP contribution >= 0.6 is 11.8 Å². The normalized spacial score (nSPS) is 12.5. The largest absolute Gasteiger partial charge is 0.480 e. The minimum Gasteiger partial charge on any atom is -0.480 e. The average Bonchev–Trinajstić information content (AvgIpc) is 2.39. The summed E-state index contributed by atoms with van der Waals surface area (Å²) in [7, 11) is 0. The van der Waals surface area contributed by atoms with E-state index in [2.05, 4.69) is 6.92 Å². The molecule has 0 aliphatic heterocycles. The van der Waals surface area contributed by atoms with Crippen LogP contribution < -0.4 is 5.73 Å². The molecule has 0 aliphatic rings. The van der Waals surface area contributed by atoms with Crippen molar-refractivity contribution >= 4 is 17.7 Å². The van der Waals surface area contributed by atoms with Gasteiger partial charge in [-0.1, -0.05) is 64.7 Å². The van der Waals surface area contributed by atoms with E-state index in [0.717, 1.165) is 5.75 Å². The van der Waals surface area contributed by atoms with Crippen molar-refractivity contribution in [3.05, 3.63) is 0 Å². The Labute approximate surface area is 122 Å². The molecule has 0 saturated carbocycles. The van der Waals surface area contributed by atoms with E-state index in [1.54, 1.807) is 11.8 Å². The van der Waals surface area contributed by atoms with E-state index in [4.69, 9.17) is 10.8 Å². The maximum atomic E-state index is 10.5. The fourth-order valence-electron chi connectivity index (χ4n) is 1.97. The Morgan fingerprint density at radius 2 is 1.47 bits per heavy atom. The highest BCUT2D eigenvalue weighted by Gasteiger charge is 2.10. The summed E-state index contributed by atoms with van der Waals surface area (Å²) in [5.74, 6) is 0.681. The predicted octanol–water partition coefficient (Wildman–Crippen LogP) is 4.05. The first-order valence-electron chi connectivity index (χ1n) is 7.74. The van der Waals surface area contributed by atoms with Gasteiger partial charge in [-0.3, -0.25) is 4.79 Å². The summed E-state index contributed by atoms with van der Waals surface area (Å²) in [6.07, 6.45) is 13.4. The van der Waals surface area contributed by atoms with Crippen molar-refractivity contribution in [2.45, 2.75) is 77.2 Å². The van der Waals surface area contributed by atoms with Crippen LogP contribution in [0.15, 0.2) is 0 Å². The van der Waals surface area contributed by atoms with E-state index < -0.39 is 12.0 Å². The maximum Gasteiger partial charge on any atom is 0.321 e. The molecule has 0 aromatic carbocycles. The van der Waals surface area contributed by atoms with Crippen molar-refractivity contribution in [3.63, 3.8) is 0 Å². The van der Waals surface area contributed by atoms with Crippen LogP contribution in [0.4, 0.5) is 0 Å². The third-order valence-electron chi connectivity index (χ3n) is 3.26. The van der Waals surface area contributed by atoms with Gasteiger partial charge in [-0.25, -0.2) is 0 Å². The molecule has 0 radical (unpaired) electrons. The molecule has 0 bridgehead atoms. The van der Waals surface area contributed by atoms with E-state index in [1.165, 1.54) is 64.2 Å². The Hall–Kier alpha value is -0.220. The van der Waals surface area contributed by atoms with Gasteiger partial charge < -0.3 is 10.8 Å². The van der Waals surface area contributed by atoms with Gasteiger partial charge in [-0.05, 0) is 12.2 Å². The number of rotatable bonds is 14. The molecule has 0 amide bonds. The van der Waals surface area contributed by atoms with Crippen LogP contribution in [0.5, 0.6) is 0 Å². The molecule has 0 aromatic rings. The fraction of sp³-hybridized carbons (Fsp3) is 0.933. The lowest BCUT2D eigenvalue weighted by Gasteiger charge is -2.05. The van der Waals surface area contributed by atoms with E-state index in [9.17, 15) is 4.79 Å². The van der Waals surface area contributed by atoms with Crippen LogP contribution in [-0.2, 0) is 4.79 Å². The Morgan fingerprint density at radius 3 is 1.95 bits per heavy atom. The lowest BCUT2D eigenvalue weighted by Crippen LogP contribution is -2.32. The first-order valence-corrected chi connectivity index (χ1v) is 8.90. The Morgan fingerprint density at radius 1 is 1.00 bits per heavy atom. The number of carboxylic acid groups (broad SMARTS) is 1. The molecule has 3 nitrogen and oxygen atoms in total. The van der Waals surface area contributed by atoms with Gasteiger partial charge >= 0.3 is 5.97 Å². The van der Waals surface area contributed by atoms with Crippen molar-refractivity contribution in [3.8, 4) is 0 Å². The molecule has 19 heavy (non-hydrogen) atoms. The lowest BCUT2D eigenvalue weighted by molar-refractivity contribution is -0.137. The molecular weight excluding hydrogens is 258 g/mol. The lowest BCUT2D eigenvalue weighted by atomic mass is 10.1. The highest BCUT2D eigenvalue weighted by molar-refractivity contribution is 7.99. The summed E-state index contributed by atoms with van der Waals surface area (Å²) in [5.41, 5.74) is 5.43. The number of aliphatic carboxylic acids is 1. The van der Waals surface area contributed by atoms with Gasteiger partial charge in [-0.15, -0.1) is 0 Å². The smallest absolute Gasteiger partial charge is 0.321 e. The van der Waals surface area contributed by atoms with Crippen molar-refractivity contribution in [1.82, 2.24) is 0 Å². The van der Waals surface area contributed by atoms with Gasteiger partial charge in [0.2, 0.25) is 0 Å². The molecular formula is C15H31NO2S. The second kappa shape index (κ2) is 14.2. The monoisotopic (exact) mass is 289 g/mol. The Balaban J connectivity index is 3.05. The SMILES string of the molecule is CCCCCCCCCCCCSC[C@H](N)C(=O)O. The molecule has 3 N–H and O–H groups in total. The number of hydrogen-bond acceptors (Lipinski definition) is 3. The van der Waals surface area contributed by atoms with Gasteiger partial charge in [0.05, 0.1) is 0 Å². The maximum absolute atomic E-state index is 10.5. The number of carboxylic acids is 1. The third kappa shape index (κ3) is 14.0. The summed E-state index contributed by atoms with van der Waals surface area (Å²) in [6, 6.07) is -0.701. The van der Waals surface area contributed by atoms with Gasteiger partial charge in [-0.2, -0.15) is 11.8 Å². The second-order valence-electron chi connectivity index (χ2n) is 5.20. The van der Waals surface area contributed by atoms with Crippen LogP contribution in [0.3, 0.4) is 0 Å². The molecule has 4 heteroatoms. The van der Waals surface area contributed by atoms with E-state index in [0.29, 0.717) is 5.75 Å². The van der Waals surface area contributed by atoms with Gasteiger partial charge in [0, 0.05) is 5.75 Å². The van der Waals surface area contributed by atoms with Crippen LogP contribution in [0.1, 0.15) is 71.1 Å². The minimum atomic E-state index is -0.893. The standard InChI is InChI=1S/C15H31NO2S/c1-2-3-4-5-6-7-8-9-10-11-12-19-13-14(16)15(17)18/h14H,2-13,16H2,1H3,(H,17,18)/t14-/m0/s1. The average molecular weight is 289 g/mol. The molecule has 0 saturated heterocycles. The van der Waals surface area contributed by atoms with Crippen molar-refractivity contribution in [2.24, 2.45) is 5.73 Å². The van der Waals surface area contributed by atoms with E-state index >= 15 is 0 Å². The minimum absolute atomic E-state index is 0.534. The van der Waals surface area contributed by atoms with E-state index in [-0.39, 0.29) is 0 Å². The Bertz CT molecular complexity index is 212. The molecule has 0 aliphatic carbocycles. The second-order valence-corrected chi connectivity index (χ2v) is 6.35. The number of nitrogens with two attached hydrogens (primary N) is 1. The van der Waals surface area contributed by atoms with Crippen LogP contribution in [0.2, 0.25) is 0 Å². The molecule has 0 aromatic heterocycles. The van der Waals surface area contributed by atoms with Crippen LogP contribution in [0.25, 0.3) is 0 Å². The first-order chi connectivity index (χ1) is 9.18.